The molecule has 0 heterocycles. The molecule has 0 aromatic heterocycles. The average molecular weight is 771 g/mol. The van der Waals surface area contributed by atoms with E-state index in [0.29, 0.717) is 25.8 Å². The topological polar surface area (TPSA) is 43.4 Å². The zero-order chi connectivity index (χ0) is 36.8. The highest BCUT2D eigenvalue weighted by Gasteiger charge is 2.48. The second kappa shape index (κ2) is 18.5. The molecule has 0 spiro atoms. The molecule has 4 aromatic rings. The van der Waals surface area contributed by atoms with Crippen LogP contribution >= 0.6 is 46.4 Å². The highest BCUT2D eigenvalue weighted by Crippen LogP contribution is 2.39. The maximum atomic E-state index is 12.3. The molecule has 4 aromatic carbocycles. The molecule has 0 aliphatic heterocycles. The number of halogens is 7. The molecule has 0 amide bonds. The third kappa shape index (κ3) is 10.8. The van der Waals surface area contributed by atoms with Crippen molar-refractivity contribution in [1.82, 2.24) is 0 Å². The molecule has 11 heteroatoms. The monoisotopic (exact) mass is 768 g/mol. The van der Waals surface area contributed by atoms with Crippen LogP contribution in [0.1, 0.15) is 42.0 Å². The molecule has 0 aliphatic rings. The zero-order valence-electron chi connectivity index (χ0n) is 25.6. The van der Waals surface area contributed by atoms with Crippen molar-refractivity contribution in [1.29, 1.82) is 0 Å². The van der Waals surface area contributed by atoms with Crippen molar-refractivity contribution >= 4 is 78.1 Å². The molecule has 0 bridgehead atoms. The van der Waals surface area contributed by atoms with Crippen LogP contribution in [0.4, 0.5) is 13.2 Å². The van der Waals surface area contributed by atoms with Gasteiger partial charge in [-0.15, -0.1) is 24.7 Å². The normalized spacial score (nSPS) is 9.55. The SMILES string of the molecule is C#CC#CC#CC#CC#C.CC#Cc1ccc2c(Cl)c(C#CC)ccc2c1Cl.Cc1ccc2c(Cl)c(OS(=O)(=O)C(F)(F)F)ccc2c1Cl.[HH].[HH].[HH].[HH].[HH].[HH].[HH].[HH]. The minimum atomic E-state index is -5.78. The van der Waals surface area contributed by atoms with Gasteiger partial charge in [-0.3, -0.25) is 0 Å². The fourth-order valence-corrected chi connectivity index (χ4v) is 5.20. The van der Waals surface area contributed by atoms with E-state index in [9.17, 15) is 21.6 Å². The lowest BCUT2D eigenvalue weighted by Gasteiger charge is -2.12. The number of aryl methyl sites for hydroxylation is 1. The summed E-state index contributed by atoms with van der Waals surface area (Å²) in [4.78, 5) is 0. The Labute approximate surface area is 315 Å². The Morgan fingerprint density at radius 2 is 1.02 bits per heavy atom. The van der Waals surface area contributed by atoms with E-state index in [0.717, 1.165) is 33.5 Å². The Kier molecular flexibility index (Phi) is 15.2. The van der Waals surface area contributed by atoms with E-state index in [1.54, 1.807) is 26.8 Å². The lowest BCUT2D eigenvalue weighted by atomic mass is 10.0. The van der Waals surface area contributed by atoms with Gasteiger partial charge >= 0.3 is 15.6 Å². The quantitative estimate of drug-likeness (QED) is 0.116. The van der Waals surface area contributed by atoms with Crippen LogP contribution in [0.25, 0.3) is 21.5 Å². The van der Waals surface area contributed by atoms with E-state index in [1.807, 2.05) is 24.3 Å². The number of benzene rings is 4. The average Bonchev–Trinajstić information content (AvgIpc) is 3.05. The first-order chi connectivity index (χ1) is 23.1. The summed E-state index contributed by atoms with van der Waals surface area (Å²) in [5.41, 5.74) is -3.15. The molecule has 0 unspecified atom stereocenters. The van der Waals surface area contributed by atoms with Gasteiger partial charge in [0.15, 0.2) is 5.75 Å². The molecular formula is C38H35Cl4F3O3S. The van der Waals surface area contributed by atoms with Crippen molar-refractivity contribution in [3.63, 3.8) is 0 Å². The van der Waals surface area contributed by atoms with E-state index in [-0.39, 0.29) is 16.4 Å². The lowest BCUT2D eigenvalue weighted by molar-refractivity contribution is -0.0500. The Balaban J connectivity index is -0.000000129. The smallest absolute Gasteiger partial charge is 0.374 e. The second-order valence-electron chi connectivity index (χ2n) is 8.89. The first kappa shape index (κ1) is 40.2. The summed E-state index contributed by atoms with van der Waals surface area (Å²) in [7, 11) is -5.78. The highest BCUT2D eigenvalue weighted by molar-refractivity contribution is 7.88. The van der Waals surface area contributed by atoms with Crippen LogP contribution in [-0.4, -0.2) is 13.9 Å². The summed E-state index contributed by atoms with van der Waals surface area (Å²) in [5, 5.41) is 3.98. The van der Waals surface area contributed by atoms with Crippen molar-refractivity contribution in [2.24, 2.45) is 0 Å². The van der Waals surface area contributed by atoms with Gasteiger partial charge < -0.3 is 4.18 Å². The van der Waals surface area contributed by atoms with Crippen LogP contribution in [0.5, 0.6) is 5.75 Å². The van der Waals surface area contributed by atoms with Gasteiger partial charge in [-0.1, -0.05) is 82.5 Å². The van der Waals surface area contributed by atoms with E-state index < -0.39 is 21.4 Å². The standard InChI is InChI=1S/C16H10Cl2.C12H7Cl2F3O3S.C10H2.8H2/c1-3-5-11-7-9-14-13(15(11)17)10-8-12(6-4-2)16(14)18;1-6-2-3-8-7(10(6)13)4-5-9(11(8)14)20-21(18,19)12(15,16)17;1-3-5-7-9-10-8-6-4-2;;;;;;;;/h7-10H,1-2H3;2-5H,1H3;1-2H;8*1H. The van der Waals surface area contributed by atoms with Crippen molar-refractivity contribution < 1.29 is 37.2 Å². The van der Waals surface area contributed by atoms with Crippen LogP contribution in [0.2, 0.25) is 20.1 Å². The molecule has 260 valence electrons. The fraction of sp³-hybridized carbons (Fsp3) is 0.105. The second-order valence-corrected chi connectivity index (χ2v) is 11.9. The van der Waals surface area contributed by atoms with Gasteiger partial charge in [0.05, 0.1) is 20.1 Å². The molecule has 4 rings (SSSR count). The minimum Gasteiger partial charge on any atom is -0.374 e. The fourth-order valence-electron chi connectivity index (χ4n) is 3.64. The van der Waals surface area contributed by atoms with Crippen LogP contribution in [-0.2, 0) is 10.1 Å². The van der Waals surface area contributed by atoms with Crippen LogP contribution in [0.3, 0.4) is 0 Å². The Hall–Kier alpha value is -4.98. The number of alkyl halides is 3. The maximum absolute atomic E-state index is 12.3. The maximum Gasteiger partial charge on any atom is 0.534 e. The van der Waals surface area contributed by atoms with Crippen LogP contribution in [0.15, 0.2) is 48.5 Å². The first-order valence-corrected chi connectivity index (χ1v) is 16.1. The Bertz CT molecular complexity index is 2380. The molecular weight excluding hydrogens is 735 g/mol. The third-order valence-electron chi connectivity index (χ3n) is 5.76. The predicted molar refractivity (Wildman–Crippen MR) is 211 cm³/mol. The Morgan fingerprint density at radius 1 is 0.633 bits per heavy atom. The van der Waals surface area contributed by atoms with E-state index in [1.165, 1.54) is 12.1 Å². The molecule has 0 atom stereocenters. The number of hydrogen-bond acceptors (Lipinski definition) is 3. The summed E-state index contributed by atoms with van der Waals surface area (Å²) >= 11 is 24.6. The third-order valence-corrected chi connectivity index (χ3v) is 8.43. The summed E-state index contributed by atoms with van der Waals surface area (Å²) in [5.74, 6) is 29.4. The zero-order valence-corrected chi connectivity index (χ0v) is 29.4. The summed E-state index contributed by atoms with van der Waals surface area (Å²) in [6.45, 7) is 5.31. The van der Waals surface area contributed by atoms with Crippen LogP contribution in [0, 0.1) is 90.8 Å². The van der Waals surface area contributed by atoms with Crippen molar-refractivity contribution in [2.45, 2.75) is 26.3 Å². The van der Waals surface area contributed by atoms with Gasteiger partial charge in [0.25, 0.3) is 0 Å². The van der Waals surface area contributed by atoms with E-state index in [4.69, 9.17) is 59.3 Å². The molecule has 0 saturated carbocycles. The number of terminal acetylenes is 2. The van der Waals surface area contributed by atoms with Gasteiger partial charge in [0.2, 0.25) is 0 Å². The molecule has 0 aliphatic carbocycles. The predicted octanol–water partition coefficient (Wildman–Crippen LogP) is 11.8. The highest BCUT2D eigenvalue weighted by atomic mass is 35.5. The van der Waals surface area contributed by atoms with Gasteiger partial charge in [-0.25, -0.2) is 0 Å². The molecule has 3 nitrogen and oxygen atoms in total. The molecule has 0 saturated heterocycles. The Morgan fingerprint density at radius 3 is 1.45 bits per heavy atom. The van der Waals surface area contributed by atoms with Crippen LogP contribution < -0.4 is 4.18 Å². The summed E-state index contributed by atoms with van der Waals surface area (Å²) in [6.07, 6.45) is 9.62. The molecule has 0 fully saturated rings. The minimum absolute atomic E-state index is 0. The number of hydrogen-bond donors (Lipinski definition) is 0. The van der Waals surface area contributed by atoms with E-state index >= 15 is 0 Å². The summed E-state index contributed by atoms with van der Waals surface area (Å²) < 4.78 is 63.0. The van der Waals surface area contributed by atoms with Crippen molar-refractivity contribution in [2.75, 3.05) is 0 Å². The van der Waals surface area contributed by atoms with Gasteiger partial charge in [0.1, 0.15) is 0 Å². The number of rotatable bonds is 2. The van der Waals surface area contributed by atoms with Gasteiger partial charge in [-0.05, 0) is 98.0 Å². The largest absolute Gasteiger partial charge is 0.534 e. The first-order valence-electron chi connectivity index (χ1n) is 13.2. The molecule has 0 N–H and O–H groups in total. The number of fused-ring (bicyclic) bond motifs is 2. The van der Waals surface area contributed by atoms with E-state index in [2.05, 4.69) is 75.2 Å². The lowest BCUT2D eigenvalue weighted by Crippen LogP contribution is -2.28. The van der Waals surface area contributed by atoms with Crippen molar-refractivity contribution in [3.8, 4) is 89.6 Å². The molecule has 0 radical (unpaired) electrons. The van der Waals surface area contributed by atoms with Gasteiger partial charge in [0, 0.05) is 44.1 Å². The summed E-state index contributed by atoms with van der Waals surface area (Å²) in [6, 6.07) is 13.1. The molecule has 49 heavy (non-hydrogen) atoms. The van der Waals surface area contributed by atoms with Gasteiger partial charge in [-0.2, -0.15) is 21.6 Å². The van der Waals surface area contributed by atoms with Crippen molar-refractivity contribution in [3.05, 3.63) is 85.3 Å².